The van der Waals surface area contributed by atoms with Gasteiger partial charge in [-0.1, -0.05) is 60.2 Å². The van der Waals surface area contributed by atoms with E-state index in [1.165, 1.54) is 4.90 Å². The number of amides is 1. The number of likely N-dealkylation sites (N-methyl/N-ethyl adjacent to an activating group) is 1. The van der Waals surface area contributed by atoms with Gasteiger partial charge in [0.2, 0.25) is 0 Å². The minimum Gasteiger partial charge on any atom is -0.507 e. The fourth-order valence-electron chi connectivity index (χ4n) is 3.30. The van der Waals surface area contributed by atoms with Crippen LogP contribution in [-0.4, -0.2) is 48.9 Å². The number of carbonyl (C=O) groups excluding carboxylic acids is 2. The molecule has 0 saturated carbocycles. The molecule has 3 rings (SSSR count). The summed E-state index contributed by atoms with van der Waals surface area (Å²) >= 11 is 0. The van der Waals surface area contributed by atoms with Crippen molar-refractivity contribution >= 4 is 17.4 Å². The van der Waals surface area contributed by atoms with Crippen LogP contribution in [0.4, 0.5) is 0 Å². The van der Waals surface area contributed by atoms with Gasteiger partial charge in [0.25, 0.3) is 11.7 Å². The van der Waals surface area contributed by atoms with Gasteiger partial charge in [-0.05, 0) is 12.5 Å². The van der Waals surface area contributed by atoms with Crippen LogP contribution in [0.3, 0.4) is 0 Å². The molecule has 0 bridgehead atoms. The van der Waals surface area contributed by atoms with Gasteiger partial charge in [0.15, 0.2) is 0 Å². The predicted octanol–water partition coefficient (Wildman–Crippen LogP) is 1.56. The maximum absolute atomic E-state index is 12.8. The summed E-state index contributed by atoms with van der Waals surface area (Å²) < 4.78 is 0. The molecule has 1 saturated heterocycles. The average Bonchev–Trinajstić information content (AvgIpc) is 2.91. The number of rotatable bonds is 5. The number of aliphatic hydroxyl groups is 1. The maximum Gasteiger partial charge on any atom is 0.295 e. The van der Waals surface area contributed by atoms with E-state index in [0.717, 1.165) is 11.1 Å². The summed E-state index contributed by atoms with van der Waals surface area (Å²) in [6.07, 6.45) is 0. The van der Waals surface area contributed by atoms with E-state index >= 15 is 0 Å². The number of benzene rings is 2. The lowest BCUT2D eigenvalue weighted by molar-refractivity contribution is -0.857. The van der Waals surface area contributed by atoms with Crippen LogP contribution in [0.15, 0.2) is 60.2 Å². The second-order valence-corrected chi connectivity index (χ2v) is 7.23. The third-order valence-corrected chi connectivity index (χ3v) is 4.83. The zero-order valence-electron chi connectivity index (χ0n) is 15.9. The zero-order chi connectivity index (χ0) is 19.6. The molecule has 5 heteroatoms. The SMILES string of the molecule is Cc1ccc(C(O)=C2C(=O)C(=O)N(CC[NH+](C)C)[C@@H]2c2ccccc2)cc1. The molecule has 2 N–H and O–H groups in total. The van der Waals surface area contributed by atoms with Gasteiger partial charge in [0.05, 0.1) is 38.8 Å². The molecule has 0 radical (unpaired) electrons. The lowest BCUT2D eigenvalue weighted by Crippen LogP contribution is -3.06. The van der Waals surface area contributed by atoms with E-state index in [2.05, 4.69) is 0 Å². The molecule has 1 aliphatic heterocycles. The Morgan fingerprint density at radius 1 is 1.04 bits per heavy atom. The quantitative estimate of drug-likeness (QED) is 0.480. The molecule has 2 aromatic carbocycles. The van der Waals surface area contributed by atoms with Crippen LogP contribution >= 0.6 is 0 Å². The van der Waals surface area contributed by atoms with Crippen LogP contribution < -0.4 is 4.90 Å². The second-order valence-electron chi connectivity index (χ2n) is 7.23. The first-order chi connectivity index (χ1) is 12.9. The third kappa shape index (κ3) is 3.78. The largest absolute Gasteiger partial charge is 0.507 e. The summed E-state index contributed by atoms with van der Waals surface area (Å²) in [5.74, 6) is -1.31. The number of aliphatic hydroxyl groups excluding tert-OH is 1. The summed E-state index contributed by atoms with van der Waals surface area (Å²) in [6.45, 7) is 3.11. The molecule has 2 aromatic rings. The van der Waals surface area contributed by atoms with Crippen LogP contribution in [0.1, 0.15) is 22.7 Å². The van der Waals surface area contributed by atoms with E-state index in [9.17, 15) is 14.7 Å². The minimum atomic E-state index is -0.629. The van der Waals surface area contributed by atoms with Crippen LogP contribution in [0, 0.1) is 6.92 Å². The molecule has 140 valence electrons. The number of quaternary nitrogens is 1. The van der Waals surface area contributed by atoms with Crippen molar-refractivity contribution in [1.29, 1.82) is 0 Å². The van der Waals surface area contributed by atoms with E-state index in [4.69, 9.17) is 0 Å². The summed E-state index contributed by atoms with van der Waals surface area (Å²) in [6, 6.07) is 16.1. The maximum atomic E-state index is 12.8. The Morgan fingerprint density at radius 3 is 2.26 bits per heavy atom. The van der Waals surface area contributed by atoms with Gasteiger partial charge >= 0.3 is 0 Å². The van der Waals surface area contributed by atoms with Gasteiger partial charge in [0, 0.05) is 5.56 Å². The Kier molecular flexibility index (Phi) is 5.42. The van der Waals surface area contributed by atoms with Gasteiger partial charge in [-0.3, -0.25) is 9.59 Å². The molecule has 0 spiro atoms. The Morgan fingerprint density at radius 2 is 1.67 bits per heavy atom. The summed E-state index contributed by atoms with van der Waals surface area (Å²) in [4.78, 5) is 28.3. The Hall–Kier alpha value is -2.92. The van der Waals surface area contributed by atoms with Crippen molar-refractivity contribution in [2.24, 2.45) is 0 Å². The molecule has 1 amide bonds. The smallest absolute Gasteiger partial charge is 0.295 e. The van der Waals surface area contributed by atoms with E-state index in [0.29, 0.717) is 18.7 Å². The van der Waals surface area contributed by atoms with Crippen molar-refractivity contribution in [3.63, 3.8) is 0 Å². The first-order valence-electron chi connectivity index (χ1n) is 9.09. The molecule has 5 nitrogen and oxygen atoms in total. The van der Waals surface area contributed by atoms with Gasteiger partial charge in [-0.2, -0.15) is 0 Å². The Balaban J connectivity index is 2.12. The van der Waals surface area contributed by atoms with Crippen LogP contribution in [-0.2, 0) is 9.59 Å². The zero-order valence-corrected chi connectivity index (χ0v) is 15.9. The van der Waals surface area contributed by atoms with Gasteiger partial charge < -0.3 is 14.9 Å². The van der Waals surface area contributed by atoms with Gasteiger partial charge in [-0.25, -0.2) is 0 Å². The highest BCUT2D eigenvalue weighted by molar-refractivity contribution is 6.46. The molecule has 0 aromatic heterocycles. The highest BCUT2D eigenvalue weighted by atomic mass is 16.3. The number of Topliss-reactive ketones (excluding diaryl/α,β-unsaturated/α-hetero) is 1. The number of carbonyl (C=O) groups is 2. The van der Waals surface area contributed by atoms with Crippen molar-refractivity contribution in [2.45, 2.75) is 13.0 Å². The lowest BCUT2D eigenvalue weighted by Gasteiger charge is -2.25. The molecule has 1 fully saturated rings. The summed E-state index contributed by atoms with van der Waals surface area (Å²) in [7, 11) is 4.00. The van der Waals surface area contributed by atoms with Crippen molar-refractivity contribution < 1.29 is 19.6 Å². The molecular formula is C22H25N2O3+. The van der Waals surface area contributed by atoms with E-state index in [1.54, 1.807) is 17.0 Å². The average molecular weight is 365 g/mol. The lowest BCUT2D eigenvalue weighted by atomic mass is 9.95. The first kappa shape index (κ1) is 18.9. The molecule has 1 aliphatic rings. The fourth-order valence-corrected chi connectivity index (χ4v) is 3.30. The third-order valence-electron chi connectivity index (χ3n) is 4.83. The molecule has 1 atom stereocenters. The fraction of sp³-hybridized carbons (Fsp3) is 0.273. The summed E-state index contributed by atoms with van der Waals surface area (Å²) in [5, 5.41) is 10.9. The predicted molar refractivity (Wildman–Crippen MR) is 104 cm³/mol. The van der Waals surface area contributed by atoms with E-state index < -0.39 is 17.7 Å². The first-order valence-corrected chi connectivity index (χ1v) is 9.09. The van der Waals surface area contributed by atoms with Crippen molar-refractivity contribution in [1.82, 2.24) is 4.90 Å². The number of aryl methyl sites for hydroxylation is 1. The van der Waals surface area contributed by atoms with Gasteiger partial charge in [0.1, 0.15) is 5.76 Å². The second kappa shape index (κ2) is 7.76. The van der Waals surface area contributed by atoms with Crippen LogP contribution in [0.25, 0.3) is 5.76 Å². The normalized spacial score (nSPS) is 19.1. The van der Waals surface area contributed by atoms with Crippen molar-refractivity contribution in [3.05, 3.63) is 76.9 Å². The number of nitrogens with zero attached hydrogens (tertiary/aromatic N) is 1. The number of likely N-dealkylation sites (tertiary alicyclic amines) is 1. The molecule has 1 heterocycles. The molecular weight excluding hydrogens is 340 g/mol. The molecule has 0 aliphatic carbocycles. The highest BCUT2D eigenvalue weighted by Gasteiger charge is 2.46. The topological polar surface area (TPSA) is 62.0 Å². The van der Waals surface area contributed by atoms with Crippen molar-refractivity contribution in [2.75, 3.05) is 27.2 Å². The number of hydrogen-bond donors (Lipinski definition) is 2. The highest BCUT2D eigenvalue weighted by Crippen LogP contribution is 2.38. The standard InChI is InChI=1S/C22H24N2O3/c1-15-9-11-17(12-10-15)20(25)18-19(16-7-5-4-6-8-16)24(14-13-23(2)3)22(27)21(18)26/h4-12,19,25H,13-14H2,1-3H3/p+1/t19-/m1/s1. The molecule has 27 heavy (non-hydrogen) atoms. The molecule has 0 unspecified atom stereocenters. The van der Waals surface area contributed by atoms with E-state index in [-0.39, 0.29) is 11.3 Å². The Bertz CT molecular complexity index is 870. The number of nitrogens with one attached hydrogen (secondary N) is 1. The Labute approximate surface area is 159 Å². The van der Waals surface area contributed by atoms with Crippen LogP contribution in [0.5, 0.6) is 0 Å². The summed E-state index contributed by atoms with van der Waals surface area (Å²) in [5.41, 5.74) is 2.57. The number of ketones is 1. The number of hydrogen-bond acceptors (Lipinski definition) is 3. The van der Waals surface area contributed by atoms with E-state index in [1.807, 2.05) is 63.5 Å². The van der Waals surface area contributed by atoms with Crippen molar-refractivity contribution in [3.8, 4) is 0 Å². The van der Waals surface area contributed by atoms with Gasteiger partial charge in [-0.15, -0.1) is 0 Å². The monoisotopic (exact) mass is 365 g/mol. The minimum absolute atomic E-state index is 0.123. The van der Waals surface area contributed by atoms with Crippen LogP contribution in [0.2, 0.25) is 0 Å².